The summed E-state index contributed by atoms with van der Waals surface area (Å²) in [5, 5.41) is 1.74. The van der Waals surface area contributed by atoms with Gasteiger partial charge in [-0.2, -0.15) is 0 Å². The van der Waals surface area contributed by atoms with Crippen LogP contribution >= 0.6 is 0 Å². The Morgan fingerprint density at radius 2 is 1.75 bits per heavy atom. The molecular formula is C18H14O2. The molecule has 1 aliphatic rings. The van der Waals surface area contributed by atoms with Gasteiger partial charge in [-0.25, -0.2) is 0 Å². The van der Waals surface area contributed by atoms with Crippen molar-refractivity contribution in [2.24, 2.45) is 0 Å². The maximum atomic E-state index is 12.3. The molecule has 0 saturated heterocycles. The fourth-order valence-corrected chi connectivity index (χ4v) is 2.95. The zero-order valence-corrected chi connectivity index (χ0v) is 11.1. The van der Waals surface area contributed by atoms with Crippen LogP contribution in [-0.4, -0.2) is 11.6 Å². The first-order valence-electron chi connectivity index (χ1n) is 6.57. The Balaban J connectivity index is 2.45. The lowest BCUT2D eigenvalue weighted by atomic mass is 9.91. The van der Waals surface area contributed by atoms with E-state index in [0.717, 1.165) is 21.9 Å². The molecule has 1 aliphatic carbocycles. The Kier molecular flexibility index (Phi) is 2.87. The lowest BCUT2D eigenvalue weighted by Crippen LogP contribution is -2.09. The third-order valence-corrected chi connectivity index (χ3v) is 3.76. The zero-order chi connectivity index (χ0) is 14.3. The van der Waals surface area contributed by atoms with Crippen molar-refractivity contribution in [2.75, 3.05) is 0 Å². The van der Waals surface area contributed by atoms with Crippen LogP contribution in [0, 0.1) is 0 Å². The van der Waals surface area contributed by atoms with Crippen LogP contribution < -0.4 is 0 Å². The largest absolute Gasteiger partial charge is 0.285 e. The quantitative estimate of drug-likeness (QED) is 0.622. The third-order valence-electron chi connectivity index (χ3n) is 3.76. The summed E-state index contributed by atoms with van der Waals surface area (Å²) in [6.45, 7) is 7.51. The van der Waals surface area contributed by atoms with Gasteiger partial charge in [0, 0.05) is 16.5 Å². The van der Waals surface area contributed by atoms with Crippen LogP contribution in [0.15, 0.2) is 49.6 Å². The SMILES string of the molecule is C=CCc1cc2cccc3c2c(c1CC=C)C(=O)C3=O. The molecule has 0 spiro atoms. The fourth-order valence-electron chi connectivity index (χ4n) is 2.95. The van der Waals surface area contributed by atoms with Gasteiger partial charge < -0.3 is 0 Å². The maximum Gasteiger partial charge on any atom is 0.234 e. The first kappa shape index (κ1) is 12.5. The summed E-state index contributed by atoms with van der Waals surface area (Å²) in [6.07, 6.45) is 4.84. The summed E-state index contributed by atoms with van der Waals surface area (Å²) in [6, 6.07) is 7.54. The van der Waals surface area contributed by atoms with E-state index < -0.39 is 5.78 Å². The van der Waals surface area contributed by atoms with Gasteiger partial charge in [0.15, 0.2) is 0 Å². The molecule has 2 nitrogen and oxygen atoms in total. The van der Waals surface area contributed by atoms with Crippen molar-refractivity contribution in [3.8, 4) is 0 Å². The van der Waals surface area contributed by atoms with Gasteiger partial charge in [0.1, 0.15) is 0 Å². The molecule has 2 aromatic rings. The van der Waals surface area contributed by atoms with E-state index in [1.54, 1.807) is 12.1 Å². The highest BCUT2D eigenvalue weighted by Crippen LogP contribution is 2.35. The smallest absolute Gasteiger partial charge is 0.234 e. The third kappa shape index (κ3) is 1.58. The highest BCUT2D eigenvalue weighted by atomic mass is 16.2. The van der Waals surface area contributed by atoms with Crippen LogP contribution in [0.2, 0.25) is 0 Å². The summed E-state index contributed by atoms with van der Waals surface area (Å²) >= 11 is 0. The van der Waals surface area contributed by atoms with Crippen LogP contribution in [-0.2, 0) is 12.8 Å². The van der Waals surface area contributed by atoms with Gasteiger partial charge in [-0.15, -0.1) is 13.2 Å². The van der Waals surface area contributed by atoms with Crippen LogP contribution in [0.3, 0.4) is 0 Å². The van der Waals surface area contributed by atoms with Gasteiger partial charge in [-0.3, -0.25) is 9.59 Å². The second-order valence-electron chi connectivity index (χ2n) is 4.94. The van der Waals surface area contributed by atoms with Crippen molar-refractivity contribution in [1.82, 2.24) is 0 Å². The molecule has 0 bridgehead atoms. The topological polar surface area (TPSA) is 34.1 Å². The minimum Gasteiger partial charge on any atom is -0.285 e. The molecule has 98 valence electrons. The van der Waals surface area contributed by atoms with E-state index in [0.29, 0.717) is 24.0 Å². The summed E-state index contributed by atoms with van der Waals surface area (Å²) in [4.78, 5) is 24.4. The van der Waals surface area contributed by atoms with Crippen LogP contribution in [0.25, 0.3) is 10.8 Å². The monoisotopic (exact) mass is 262 g/mol. The highest BCUT2D eigenvalue weighted by Gasteiger charge is 2.33. The number of allylic oxidation sites excluding steroid dienone is 2. The second-order valence-corrected chi connectivity index (χ2v) is 4.94. The van der Waals surface area contributed by atoms with Crippen molar-refractivity contribution in [3.05, 3.63) is 71.8 Å². The molecule has 2 aromatic carbocycles. The van der Waals surface area contributed by atoms with E-state index in [4.69, 9.17) is 0 Å². The number of carbonyl (C=O) groups excluding carboxylic acids is 2. The Bertz CT molecular complexity index is 782. The van der Waals surface area contributed by atoms with Gasteiger partial charge in [-0.05, 0) is 29.4 Å². The molecule has 0 heterocycles. The van der Waals surface area contributed by atoms with E-state index in [9.17, 15) is 9.59 Å². The number of hydrogen-bond acceptors (Lipinski definition) is 2. The van der Waals surface area contributed by atoms with Crippen LogP contribution in [0.1, 0.15) is 31.8 Å². The number of ketones is 2. The van der Waals surface area contributed by atoms with Gasteiger partial charge in [0.2, 0.25) is 11.6 Å². The fraction of sp³-hybridized carbons (Fsp3) is 0.111. The normalized spacial score (nSPS) is 13.0. The van der Waals surface area contributed by atoms with E-state index >= 15 is 0 Å². The molecule has 0 aliphatic heterocycles. The first-order chi connectivity index (χ1) is 9.69. The standard InChI is InChI=1S/C18H14O2/c1-3-6-11-10-12-8-5-9-14-15(12)16(13(11)7-4-2)18(20)17(14)19/h3-5,8-10H,1-2,6-7H2. The van der Waals surface area contributed by atoms with Crippen molar-refractivity contribution >= 4 is 22.3 Å². The van der Waals surface area contributed by atoms with Crippen molar-refractivity contribution < 1.29 is 9.59 Å². The molecule has 0 amide bonds. The summed E-state index contributed by atoms with van der Waals surface area (Å²) in [5.41, 5.74) is 3.05. The van der Waals surface area contributed by atoms with Crippen molar-refractivity contribution in [1.29, 1.82) is 0 Å². The van der Waals surface area contributed by atoms with Gasteiger partial charge in [0.25, 0.3) is 0 Å². The highest BCUT2D eigenvalue weighted by molar-refractivity contribution is 6.57. The predicted octanol–water partition coefficient (Wildman–Crippen LogP) is 3.68. The summed E-state index contributed by atoms with van der Waals surface area (Å²) < 4.78 is 0. The van der Waals surface area contributed by atoms with Gasteiger partial charge in [0.05, 0.1) is 0 Å². The molecule has 0 N–H and O–H groups in total. The zero-order valence-electron chi connectivity index (χ0n) is 11.1. The number of rotatable bonds is 4. The molecule has 0 aromatic heterocycles. The van der Waals surface area contributed by atoms with Crippen LogP contribution in [0.4, 0.5) is 0 Å². The second kappa shape index (κ2) is 4.57. The lowest BCUT2D eigenvalue weighted by Gasteiger charge is -2.12. The molecule has 2 heteroatoms. The number of hydrogen-bond donors (Lipinski definition) is 0. The molecule has 0 unspecified atom stereocenters. The van der Waals surface area contributed by atoms with Crippen molar-refractivity contribution in [3.63, 3.8) is 0 Å². The van der Waals surface area contributed by atoms with Crippen LogP contribution in [0.5, 0.6) is 0 Å². The van der Waals surface area contributed by atoms with E-state index in [2.05, 4.69) is 19.2 Å². The van der Waals surface area contributed by atoms with E-state index in [1.165, 1.54) is 0 Å². The summed E-state index contributed by atoms with van der Waals surface area (Å²) in [7, 11) is 0. The van der Waals surface area contributed by atoms with E-state index in [-0.39, 0.29) is 5.78 Å². The molecule has 0 fully saturated rings. The minimum absolute atomic E-state index is 0.390. The number of carbonyl (C=O) groups is 2. The number of Topliss-reactive ketones (excluding diaryl/α,β-unsaturated/α-hetero) is 2. The molecule has 0 atom stereocenters. The maximum absolute atomic E-state index is 12.3. The predicted molar refractivity (Wildman–Crippen MR) is 80.4 cm³/mol. The molecule has 0 radical (unpaired) electrons. The average Bonchev–Trinajstić information content (AvgIpc) is 2.70. The Morgan fingerprint density at radius 3 is 2.45 bits per heavy atom. The first-order valence-corrected chi connectivity index (χ1v) is 6.57. The lowest BCUT2D eigenvalue weighted by molar-refractivity contribution is 0.0825. The Hall–Kier alpha value is -2.48. The Morgan fingerprint density at radius 1 is 1.00 bits per heavy atom. The Labute approximate surface area is 117 Å². The summed E-state index contributed by atoms with van der Waals surface area (Å²) in [5.74, 6) is -0.786. The van der Waals surface area contributed by atoms with Gasteiger partial charge in [-0.1, -0.05) is 36.4 Å². The molecule has 3 rings (SSSR count). The molecule has 0 saturated carbocycles. The number of benzene rings is 2. The molecular weight excluding hydrogens is 248 g/mol. The average molecular weight is 262 g/mol. The minimum atomic E-state index is -0.397. The van der Waals surface area contributed by atoms with Gasteiger partial charge >= 0.3 is 0 Å². The molecule has 20 heavy (non-hydrogen) atoms. The van der Waals surface area contributed by atoms with E-state index in [1.807, 2.05) is 18.2 Å². The van der Waals surface area contributed by atoms with Crippen molar-refractivity contribution in [2.45, 2.75) is 12.8 Å².